The molecular weight excluding hydrogens is 260 g/mol. The third-order valence-electron chi connectivity index (χ3n) is 4.39. The quantitative estimate of drug-likeness (QED) is 0.879. The van der Waals surface area contributed by atoms with Crippen LogP contribution in [0.1, 0.15) is 35.8 Å². The lowest BCUT2D eigenvalue weighted by Gasteiger charge is -2.31. The van der Waals surface area contributed by atoms with Gasteiger partial charge in [0.25, 0.3) is 0 Å². The molecule has 0 bridgehead atoms. The number of pyridine rings is 1. The molecule has 0 aliphatic heterocycles. The molecule has 3 nitrogen and oxygen atoms in total. The zero-order chi connectivity index (χ0) is 14.7. The third-order valence-corrected chi connectivity index (χ3v) is 4.39. The first-order valence-corrected chi connectivity index (χ1v) is 7.62. The zero-order valence-electron chi connectivity index (χ0n) is 12.4. The Bertz CT molecular complexity index is 585. The summed E-state index contributed by atoms with van der Waals surface area (Å²) in [6, 6.07) is 14.4. The molecular formula is C18H22N2O. The molecule has 2 unspecified atom stereocenters. The normalized spacial score (nSPS) is 21.9. The Kier molecular flexibility index (Phi) is 4.32. The molecule has 0 spiro atoms. The molecule has 3 heteroatoms. The summed E-state index contributed by atoms with van der Waals surface area (Å²) in [7, 11) is 2.08. The number of hydrogen-bond acceptors (Lipinski definition) is 3. The molecule has 0 fully saturated rings. The standard InChI is InChI=1S/C18H22N2O/c1-20(13-15-9-4-5-12-19-15)17-11-6-8-14-7-2-3-10-16(14)18(17)21/h2-5,7,9-10,12,17-18,21H,6,8,11,13H2,1H3. The number of aryl methyl sites for hydroxylation is 1. The van der Waals surface area contributed by atoms with Crippen LogP contribution in [0.15, 0.2) is 48.7 Å². The molecule has 1 aromatic carbocycles. The van der Waals surface area contributed by atoms with Crippen LogP contribution >= 0.6 is 0 Å². The molecule has 1 aliphatic carbocycles. The number of rotatable bonds is 3. The van der Waals surface area contributed by atoms with Gasteiger partial charge < -0.3 is 5.11 Å². The van der Waals surface area contributed by atoms with Crippen molar-refractivity contribution in [2.75, 3.05) is 7.05 Å². The lowest BCUT2D eigenvalue weighted by Crippen LogP contribution is -2.36. The van der Waals surface area contributed by atoms with E-state index in [9.17, 15) is 5.11 Å². The first-order chi connectivity index (χ1) is 10.3. The van der Waals surface area contributed by atoms with E-state index in [0.29, 0.717) is 0 Å². The molecule has 3 rings (SSSR count). The highest BCUT2D eigenvalue weighted by atomic mass is 16.3. The Morgan fingerprint density at radius 3 is 2.81 bits per heavy atom. The van der Waals surface area contributed by atoms with E-state index >= 15 is 0 Å². The van der Waals surface area contributed by atoms with Crippen molar-refractivity contribution in [3.63, 3.8) is 0 Å². The van der Waals surface area contributed by atoms with E-state index in [0.717, 1.165) is 37.1 Å². The van der Waals surface area contributed by atoms with Crippen molar-refractivity contribution in [3.05, 3.63) is 65.5 Å². The van der Waals surface area contributed by atoms with Crippen molar-refractivity contribution in [1.29, 1.82) is 0 Å². The Labute approximate surface area is 126 Å². The highest BCUT2D eigenvalue weighted by Crippen LogP contribution is 2.31. The van der Waals surface area contributed by atoms with Crippen LogP contribution in [0, 0.1) is 0 Å². The lowest BCUT2D eigenvalue weighted by molar-refractivity contribution is 0.0548. The maximum Gasteiger partial charge on any atom is 0.0947 e. The van der Waals surface area contributed by atoms with Gasteiger partial charge in [0.1, 0.15) is 0 Å². The van der Waals surface area contributed by atoms with Crippen LogP contribution in [0.5, 0.6) is 0 Å². The maximum atomic E-state index is 10.8. The van der Waals surface area contributed by atoms with Gasteiger partial charge >= 0.3 is 0 Å². The minimum Gasteiger partial charge on any atom is -0.387 e. The van der Waals surface area contributed by atoms with Gasteiger partial charge in [0.2, 0.25) is 0 Å². The predicted octanol–water partition coefficient (Wildman–Crippen LogP) is 2.95. The van der Waals surface area contributed by atoms with Crippen LogP contribution in [0.4, 0.5) is 0 Å². The van der Waals surface area contributed by atoms with Crippen molar-refractivity contribution in [3.8, 4) is 0 Å². The first kappa shape index (κ1) is 14.2. The van der Waals surface area contributed by atoms with E-state index in [1.54, 1.807) is 0 Å². The molecule has 1 N–H and O–H groups in total. The summed E-state index contributed by atoms with van der Waals surface area (Å²) in [6.07, 6.45) is 4.59. The van der Waals surface area contributed by atoms with Gasteiger partial charge in [-0.25, -0.2) is 0 Å². The monoisotopic (exact) mass is 282 g/mol. The van der Waals surface area contributed by atoms with Gasteiger partial charge in [-0.1, -0.05) is 30.3 Å². The highest BCUT2D eigenvalue weighted by Gasteiger charge is 2.28. The fourth-order valence-corrected chi connectivity index (χ4v) is 3.24. The summed E-state index contributed by atoms with van der Waals surface area (Å²) < 4.78 is 0. The second-order valence-electron chi connectivity index (χ2n) is 5.84. The summed E-state index contributed by atoms with van der Waals surface area (Å²) in [4.78, 5) is 6.61. The number of likely N-dealkylation sites (N-methyl/N-ethyl adjacent to an activating group) is 1. The van der Waals surface area contributed by atoms with Crippen LogP contribution in [-0.2, 0) is 13.0 Å². The molecule has 0 radical (unpaired) electrons. The minimum atomic E-state index is -0.419. The molecule has 0 saturated carbocycles. The number of fused-ring (bicyclic) bond motifs is 1. The number of nitrogens with zero attached hydrogens (tertiary/aromatic N) is 2. The SMILES string of the molecule is CN(Cc1ccccn1)C1CCCc2ccccc2C1O. The number of benzene rings is 1. The molecule has 1 aliphatic rings. The van der Waals surface area contributed by atoms with Gasteiger partial charge in [-0.15, -0.1) is 0 Å². The number of hydrogen-bond donors (Lipinski definition) is 1. The van der Waals surface area contributed by atoms with Crippen molar-refractivity contribution < 1.29 is 5.11 Å². The first-order valence-electron chi connectivity index (χ1n) is 7.62. The van der Waals surface area contributed by atoms with Gasteiger partial charge in [0, 0.05) is 18.8 Å². The average molecular weight is 282 g/mol. The van der Waals surface area contributed by atoms with Gasteiger partial charge in [0.05, 0.1) is 11.8 Å². The van der Waals surface area contributed by atoms with Gasteiger partial charge in [-0.2, -0.15) is 0 Å². The maximum absolute atomic E-state index is 10.8. The molecule has 0 amide bonds. The number of aliphatic hydroxyl groups is 1. The zero-order valence-corrected chi connectivity index (χ0v) is 12.4. The van der Waals surface area contributed by atoms with Gasteiger partial charge in [-0.05, 0) is 49.6 Å². The summed E-state index contributed by atoms with van der Waals surface area (Å²) >= 11 is 0. The van der Waals surface area contributed by atoms with Gasteiger partial charge in [-0.3, -0.25) is 9.88 Å². The Hall–Kier alpha value is -1.71. The summed E-state index contributed by atoms with van der Waals surface area (Å²) in [5.74, 6) is 0. The highest BCUT2D eigenvalue weighted by molar-refractivity contribution is 5.31. The molecule has 21 heavy (non-hydrogen) atoms. The minimum absolute atomic E-state index is 0.149. The van der Waals surface area contributed by atoms with Crippen LogP contribution in [0.25, 0.3) is 0 Å². The van der Waals surface area contributed by atoms with Gasteiger partial charge in [0.15, 0.2) is 0 Å². The Morgan fingerprint density at radius 2 is 2.00 bits per heavy atom. The molecule has 2 aromatic rings. The summed E-state index contributed by atoms with van der Waals surface area (Å²) in [5, 5.41) is 10.8. The van der Waals surface area contributed by atoms with Crippen molar-refractivity contribution in [2.24, 2.45) is 0 Å². The summed E-state index contributed by atoms with van der Waals surface area (Å²) in [5.41, 5.74) is 3.43. The Balaban J connectivity index is 1.79. The largest absolute Gasteiger partial charge is 0.387 e. The Morgan fingerprint density at radius 1 is 1.19 bits per heavy atom. The van der Waals surface area contributed by atoms with E-state index in [1.807, 2.05) is 30.5 Å². The van der Waals surface area contributed by atoms with Crippen LogP contribution in [0.3, 0.4) is 0 Å². The number of aromatic nitrogens is 1. The second kappa shape index (κ2) is 6.37. The fourth-order valence-electron chi connectivity index (χ4n) is 3.24. The van der Waals surface area contributed by atoms with E-state index < -0.39 is 6.10 Å². The molecule has 1 heterocycles. The fraction of sp³-hybridized carbons (Fsp3) is 0.389. The molecule has 0 saturated heterocycles. The topological polar surface area (TPSA) is 36.4 Å². The molecule has 110 valence electrons. The van der Waals surface area contributed by atoms with Crippen LogP contribution in [-0.4, -0.2) is 28.1 Å². The van der Waals surface area contributed by atoms with E-state index in [-0.39, 0.29) is 6.04 Å². The average Bonchev–Trinajstić information content (AvgIpc) is 2.68. The predicted molar refractivity (Wildman–Crippen MR) is 83.8 cm³/mol. The molecule has 1 aromatic heterocycles. The van der Waals surface area contributed by atoms with Crippen LogP contribution < -0.4 is 0 Å². The molecule has 2 atom stereocenters. The van der Waals surface area contributed by atoms with E-state index in [4.69, 9.17) is 0 Å². The van der Waals surface area contributed by atoms with E-state index in [1.165, 1.54) is 5.56 Å². The second-order valence-corrected chi connectivity index (χ2v) is 5.84. The van der Waals surface area contributed by atoms with Crippen LogP contribution in [0.2, 0.25) is 0 Å². The van der Waals surface area contributed by atoms with Crippen molar-refractivity contribution in [2.45, 2.75) is 38.0 Å². The van der Waals surface area contributed by atoms with E-state index in [2.05, 4.69) is 35.1 Å². The number of aliphatic hydroxyl groups excluding tert-OH is 1. The third kappa shape index (κ3) is 3.14. The van der Waals surface area contributed by atoms with Crippen molar-refractivity contribution >= 4 is 0 Å². The lowest BCUT2D eigenvalue weighted by atomic mass is 9.98. The smallest absolute Gasteiger partial charge is 0.0947 e. The van der Waals surface area contributed by atoms with Crippen molar-refractivity contribution in [1.82, 2.24) is 9.88 Å². The summed E-state index contributed by atoms with van der Waals surface area (Å²) in [6.45, 7) is 0.769.